The minimum Gasteiger partial charge on any atom is -0.434 e. The zero-order valence-electron chi connectivity index (χ0n) is 30.5. The zero-order chi connectivity index (χ0) is 37.7. The molecule has 266 valence electrons. The summed E-state index contributed by atoms with van der Waals surface area (Å²) in [5, 5.41) is 5.24. The molecule has 0 N–H and O–H groups in total. The van der Waals surface area contributed by atoms with Gasteiger partial charge in [0.25, 0.3) is 0 Å². The van der Waals surface area contributed by atoms with Gasteiger partial charge in [0.1, 0.15) is 11.2 Å². The topological polar surface area (TPSA) is 77.6 Å². The molecule has 0 aliphatic carbocycles. The Kier molecular flexibility index (Phi) is 7.71. The van der Waals surface area contributed by atoms with E-state index in [0.29, 0.717) is 17.1 Å². The van der Waals surface area contributed by atoms with Gasteiger partial charge in [-0.1, -0.05) is 109 Å². The molecule has 0 spiro atoms. The minimum absolute atomic E-state index is 0.523. The lowest BCUT2D eigenvalue weighted by Crippen LogP contribution is -1.96. The molecule has 6 heteroatoms. The standard InChI is InChI=1S/C51H31N5O/c1-2-12-32(13-3-1)39-30-44-48-49(57-51(44)54-31-39)47(35-21-20-33-14-4-5-15-34(33)26-35)55-50(56-48)43-23-22-40(41-16-6-7-17-42(41)43)36-27-37(45-18-8-10-24-52-45)29-38(28-36)46-19-9-11-25-53-46/h1-31H. The van der Waals surface area contributed by atoms with Crippen molar-refractivity contribution in [3.63, 3.8) is 0 Å². The number of furan rings is 1. The van der Waals surface area contributed by atoms with Gasteiger partial charge in [-0.15, -0.1) is 0 Å². The molecule has 0 unspecified atom stereocenters. The number of nitrogens with zero attached hydrogens (tertiary/aromatic N) is 5. The van der Waals surface area contributed by atoms with Crippen LogP contribution in [-0.2, 0) is 0 Å². The van der Waals surface area contributed by atoms with Crippen molar-refractivity contribution < 1.29 is 4.42 Å². The van der Waals surface area contributed by atoms with Crippen LogP contribution in [0.4, 0.5) is 0 Å². The molecule has 6 nitrogen and oxygen atoms in total. The first kappa shape index (κ1) is 32.6. The Balaban J connectivity index is 1.14. The fraction of sp³-hybridized carbons (Fsp3) is 0. The van der Waals surface area contributed by atoms with Crippen LogP contribution < -0.4 is 0 Å². The van der Waals surface area contributed by atoms with Crippen molar-refractivity contribution in [2.45, 2.75) is 0 Å². The van der Waals surface area contributed by atoms with Gasteiger partial charge in [0.05, 0.1) is 16.8 Å². The van der Waals surface area contributed by atoms with Crippen molar-refractivity contribution in [1.29, 1.82) is 0 Å². The van der Waals surface area contributed by atoms with Crippen molar-refractivity contribution in [3.05, 3.63) is 188 Å². The van der Waals surface area contributed by atoms with Gasteiger partial charge in [-0.3, -0.25) is 9.97 Å². The highest BCUT2D eigenvalue weighted by Crippen LogP contribution is 2.41. The Morgan fingerprint density at radius 3 is 1.77 bits per heavy atom. The third kappa shape index (κ3) is 5.79. The molecular formula is C51H31N5O. The summed E-state index contributed by atoms with van der Waals surface area (Å²) in [6.07, 6.45) is 5.52. The summed E-state index contributed by atoms with van der Waals surface area (Å²) in [5.74, 6) is 0.609. The minimum atomic E-state index is 0.523. The third-order valence-electron chi connectivity index (χ3n) is 10.6. The van der Waals surface area contributed by atoms with Crippen LogP contribution in [0.2, 0.25) is 0 Å². The van der Waals surface area contributed by atoms with E-state index in [4.69, 9.17) is 29.3 Å². The highest BCUT2D eigenvalue weighted by Gasteiger charge is 2.22. The molecule has 0 aliphatic rings. The quantitative estimate of drug-likeness (QED) is 0.170. The number of fused-ring (bicyclic) bond motifs is 5. The van der Waals surface area contributed by atoms with Gasteiger partial charge in [0.2, 0.25) is 5.71 Å². The SMILES string of the molecule is c1ccc(-c2cnc3oc4c(-c5ccc6ccccc6c5)nc(-c5ccc(-c6cc(-c7ccccn7)cc(-c7ccccn7)c6)c6ccccc56)nc4c3c2)cc1. The average Bonchev–Trinajstić information content (AvgIpc) is 3.67. The molecule has 0 amide bonds. The third-order valence-corrected chi connectivity index (χ3v) is 10.6. The van der Waals surface area contributed by atoms with Crippen LogP contribution in [0.15, 0.2) is 193 Å². The van der Waals surface area contributed by atoms with Gasteiger partial charge in [0.15, 0.2) is 11.4 Å². The molecule has 0 saturated heterocycles. The molecule has 0 radical (unpaired) electrons. The smallest absolute Gasteiger partial charge is 0.229 e. The molecule has 0 bridgehead atoms. The van der Waals surface area contributed by atoms with Crippen LogP contribution >= 0.6 is 0 Å². The summed E-state index contributed by atoms with van der Waals surface area (Å²) >= 11 is 0. The Hall–Kier alpha value is -7.83. The number of pyridine rings is 3. The van der Waals surface area contributed by atoms with Gasteiger partial charge in [0, 0.05) is 46.4 Å². The molecular weight excluding hydrogens is 699 g/mol. The van der Waals surface area contributed by atoms with Crippen molar-refractivity contribution in [2.24, 2.45) is 0 Å². The Bertz CT molecular complexity index is 3230. The van der Waals surface area contributed by atoms with Gasteiger partial charge in [-0.25, -0.2) is 15.0 Å². The first-order valence-electron chi connectivity index (χ1n) is 18.9. The monoisotopic (exact) mass is 729 g/mol. The van der Waals surface area contributed by atoms with E-state index in [9.17, 15) is 0 Å². The molecule has 0 fully saturated rings. The summed E-state index contributed by atoms with van der Waals surface area (Å²) < 4.78 is 6.55. The maximum absolute atomic E-state index is 6.55. The highest BCUT2D eigenvalue weighted by atomic mass is 16.3. The summed E-state index contributed by atoms with van der Waals surface area (Å²) in [6, 6.07) is 58.6. The highest BCUT2D eigenvalue weighted by molar-refractivity contribution is 6.09. The number of rotatable bonds is 6. The lowest BCUT2D eigenvalue weighted by atomic mass is 9.91. The van der Waals surface area contributed by atoms with Crippen LogP contribution in [0.5, 0.6) is 0 Å². The van der Waals surface area contributed by atoms with Crippen molar-refractivity contribution in [1.82, 2.24) is 24.9 Å². The van der Waals surface area contributed by atoms with Crippen LogP contribution in [0.25, 0.3) is 111 Å². The Morgan fingerprint density at radius 1 is 0.386 bits per heavy atom. The Labute approximate surface area is 327 Å². The summed E-state index contributed by atoms with van der Waals surface area (Å²) in [7, 11) is 0. The van der Waals surface area contributed by atoms with E-state index in [0.717, 1.165) is 94.0 Å². The van der Waals surface area contributed by atoms with Crippen molar-refractivity contribution in [3.8, 4) is 67.4 Å². The van der Waals surface area contributed by atoms with Crippen LogP contribution in [-0.4, -0.2) is 24.9 Å². The normalized spacial score (nSPS) is 11.5. The van der Waals surface area contributed by atoms with Gasteiger partial charge < -0.3 is 4.42 Å². The van der Waals surface area contributed by atoms with Crippen molar-refractivity contribution in [2.75, 3.05) is 0 Å². The summed E-state index contributed by atoms with van der Waals surface area (Å²) in [6.45, 7) is 0. The molecule has 11 rings (SSSR count). The second-order valence-corrected chi connectivity index (χ2v) is 14.1. The maximum Gasteiger partial charge on any atom is 0.229 e. The zero-order valence-corrected chi connectivity index (χ0v) is 30.5. The van der Waals surface area contributed by atoms with E-state index < -0.39 is 0 Å². The maximum atomic E-state index is 6.55. The van der Waals surface area contributed by atoms with Crippen LogP contribution in [0.3, 0.4) is 0 Å². The largest absolute Gasteiger partial charge is 0.434 e. The second-order valence-electron chi connectivity index (χ2n) is 14.1. The number of benzene rings is 6. The predicted octanol–water partition coefficient (Wildman–Crippen LogP) is 12.9. The molecule has 5 aromatic heterocycles. The lowest BCUT2D eigenvalue weighted by Gasteiger charge is -2.15. The molecule has 5 heterocycles. The molecule has 6 aromatic carbocycles. The molecule has 0 aliphatic heterocycles. The fourth-order valence-electron chi connectivity index (χ4n) is 7.86. The van der Waals surface area contributed by atoms with E-state index in [1.807, 2.05) is 73.2 Å². The molecule has 0 saturated carbocycles. The first-order chi connectivity index (χ1) is 28.2. The van der Waals surface area contributed by atoms with Crippen molar-refractivity contribution >= 4 is 43.7 Å². The van der Waals surface area contributed by atoms with E-state index in [-0.39, 0.29) is 0 Å². The molecule has 57 heavy (non-hydrogen) atoms. The van der Waals surface area contributed by atoms with Crippen LogP contribution in [0, 0.1) is 0 Å². The Morgan fingerprint density at radius 2 is 1.04 bits per heavy atom. The average molecular weight is 730 g/mol. The summed E-state index contributed by atoms with van der Waals surface area (Å²) in [5.41, 5.74) is 12.5. The summed E-state index contributed by atoms with van der Waals surface area (Å²) in [4.78, 5) is 24.8. The van der Waals surface area contributed by atoms with E-state index >= 15 is 0 Å². The number of hydrogen-bond acceptors (Lipinski definition) is 6. The lowest BCUT2D eigenvalue weighted by molar-refractivity contribution is 0.653. The van der Waals surface area contributed by atoms with E-state index in [1.54, 1.807) is 0 Å². The van der Waals surface area contributed by atoms with Gasteiger partial charge >= 0.3 is 0 Å². The number of hydrogen-bond donors (Lipinski definition) is 0. The van der Waals surface area contributed by atoms with Gasteiger partial charge in [-0.2, -0.15) is 0 Å². The van der Waals surface area contributed by atoms with E-state index in [1.165, 1.54) is 0 Å². The van der Waals surface area contributed by atoms with Gasteiger partial charge in [-0.05, 0) is 98.9 Å². The molecule has 0 atom stereocenters. The predicted molar refractivity (Wildman–Crippen MR) is 230 cm³/mol. The first-order valence-corrected chi connectivity index (χ1v) is 18.9. The van der Waals surface area contributed by atoms with E-state index in [2.05, 4.69) is 115 Å². The molecule has 11 aromatic rings. The fourth-order valence-corrected chi connectivity index (χ4v) is 7.86. The van der Waals surface area contributed by atoms with Crippen LogP contribution in [0.1, 0.15) is 0 Å². The number of aromatic nitrogens is 5. The second kappa shape index (κ2) is 13.5.